The van der Waals surface area contributed by atoms with Gasteiger partial charge in [0.2, 0.25) is 5.91 Å². The molecule has 0 aliphatic heterocycles. The summed E-state index contributed by atoms with van der Waals surface area (Å²) in [6.07, 6.45) is 3.62. The van der Waals surface area contributed by atoms with E-state index in [9.17, 15) is 4.79 Å². The van der Waals surface area contributed by atoms with Gasteiger partial charge in [-0.25, -0.2) is 0 Å². The van der Waals surface area contributed by atoms with Gasteiger partial charge >= 0.3 is 0 Å². The lowest BCUT2D eigenvalue weighted by atomic mass is 9.88. The van der Waals surface area contributed by atoms with Crippen LogP contribution in [-0.2, 0) is 15.1 Å². The summed E-state index contributed by atoms with van der Waals surface area (Å²) in [5.74, 6) is -0.392. The molecule has 0 radical (unpaired) electrons. The second-order valence-electron chi connectivity index (χ2n) is 5.80. The predicted molar refractivity (Wildman–Crippen MR) is 79.2 cm³/mol. The van der Waals surface area contributed by atoms with Crippen molar-refractivity contribution in [2.45, 2.75) is 50.8 Å². The van der Waals surface area contributed by atoms with Crippen molar-refractivity contribution < 1.29 is 9.53 Å². The van der Waals surface area contributed by atoms with Crippen LogP contribution in [0.15, 0.2) is 30.3 Å². The normalized spacial score (nSPS) is 18.6. The van der Waals surface area contributed by atoms with Crippen molar-refractivity contribution in [3.63, 3.8) is 0 Å². The molecule has 1 fully saturated rings. The van der Waals surface area contributed by atoms with Crippen LogP contribution in [0.3, 0.4) is 0 Å². The summed E-state index contributed by atoms with van der Waals surface area (Å²) in [5.41, 5.74) is 5.62. The zero-order valence-corrected chi connectivity index (χ0v) is 12.3. The van der Waals surface area contributed by atoms with Crippen LogP contribution in [-0.4, -0.2) is 24.7 Å². The third-order valence-electron chi connectivity index (χ3n) is 3.81. The van der Waals surface area contributed by atoms with E-state index in [1.54, 1.807) is 0 Å². The minimum atomic E-state index is -0.953. The highest BCUT2D eigenvalue weighted by molar-refractivity contribution is 5.86. The largest absolute Gasteiger partial charge is 0.375 e. The van der Waals surface area contributed by atoms with Crippen LogP contribution in [0.25, 0.3) is 0 Å². The molecule has 110 valence electrons. The molecule has 4 heteroatoms. The number of hydrogen-bond acceptors (Lipinski definition) is 3. The second-order valence-corrected chi connectivity index (χ2v) is 5.80. The lowest BCUT2D eigenvalue weighted by Crippen LogP contribution is -2.58. The van der Waals surface area contributed by atoms with E-state index in [4.69, 9.17) is 10.5 Å². The van der Waals surface area contributed by atoms with Gasteiger partial charge in [0.25, 0.3) is 0 Å². The average Bonchev–Trinajstić information content (AvgIpc) is 2.35. The molecule has 1 aliphatic carbocycles. The number of nitrogens with one attached hydrogen (secondary N) is 1. The van der Waals surface area contributed by atoms with Crippen LogP contribution in [0.4, 0.5) is 0 Å². The number of amides is 1. The lowest BCUT2D eigenvalue weighted by Gasteiger charge is -2.37. The number of rotatable bonds is 7. The van der Waals surface area contributed by atoms with Gasteiger partial charge < -0.3 is 10.5 Å². The van der Waals surface area contributed by atoms with E-state index in [-0.39, 0.29) is 18.8 Å². The molecule has 4 nitrogen and oxygen atoms in total. The zero-order chi connectivity index (χ0) is 14.6. The highest BCUT2D eigenvalue weighted by Crippen LogP contribution is 2.27. The number of hydrogen-bond donors (Lipinski definition) is 2. The van der Waals surface area contributed by atoms with E-state index >= 15 is 0 Å². The lowest BCUT2D eigenvalue weighted by molar-refractivity contribution is -0.130. The summed E-state index contributed by atoms with van der Waals surface area (Å²) in [5, 5.41) is 3.31. The maximum atomic E-state index is 12.2. The summed E-state index contributed by atoms with van der Waals surface area (Å²) >= 11 is 0. The van der Waals surface area contributed by atoms with Crippen molar-refractivity contribution in [3.8, 4) is 0 Å². The maximum Gasteiger partial charge on any atom is 0.244 e. The van der Waals surface area contributed by atoms with Gasteiger partial charge in [-0.05, 0) is 38.7 Å². The molecule has 0 bridgehead atoms. The van der Waals surface area contributed by atoms with Crippen molar-refractivity contribution in [1.82, 2.24) is 5.32 Å². The molecule has 0 saturated heterocycles. The molecule has 0 aromatic heterocycles. The minimum absolute atomic E-state index is 0.132. The quantitative estimate of drug-likeness (QED) is 0.800. The van der Waals surface area contributed by atoms with Crippen LogP contribution < -0.4 is 11.1 Å². The molecule has 0 spiro atoms. The fourth-order valence-corrected chi connectivity index (χ4v) is 2.49. The Hall–Kier alpha value is -1.39. The zero-order valence-electron chi connectivity index (χ0n) is 12.3. The van der Waals surface area contributed by atoms with Gasteiger partial charge in [-0.2, -0.15) is 0 Å². The molecule has 0 heterocycles. The smallest absolute Gasteiger partial charge is 0.244 e. The van der Waals surface area contributed by atoms with Gasteiger partial charge in [0, 0.05) is 6.04 Å². The summed E-state index contributed by atoms with van der Waals surface area (Å²) in [6.45, 7) is 4.29. The Morgan fingerprint density at radius 3 is 2.50 bits per heavy atom. The number of ether oxygens (including phenoxy) is 1. The van der Waals surface area contributed by atoms with Crippen molar-refractivity contribution in [2.75, 3.05) is 6.61 Å². The van der Waals surface area contributed by atoms with Gasteiger partial charge in [-0.3, -0.25) is 10.1 Å². The van der Waals surface area contributed by atoms with Crippen LogP contribution in [0.1, 0.15) is 38.7 Å². The molecule has 1 atom stereocenters. The summed E-state index contributed by atoms with van der Waals surface area (Å²) in [4.78, 5) is 12.2. The molecule has 1 aromatic carbocycles. The first kappa shape index (κ1) is 15.0. The van der Waals surface area contributed by atoms with E-state index in [2.05, 4.69) is 5.32 Å². The summed E-state index contributed by atoms with van der Waals surface area (Å²) < 4.78 is 5.90. The van der Waals surface area contributed by atoms with E-state index in [0.29, 0.717) is 0 Å². The Bertz CT molecular complexity index is 443. The van der Waals surface area contributed by atoms with Crippen LogP contribution in [0.2, 0.25) is 0 Å². The Kier molecular flexibility index (Phi) is 4.78. The first-order valence-corrected chi connectivity index (χ1v) is 7.29. The monoisotopic (exact) mass is 276 g/mol. The first-order valence-electron chi connectivity index (χ1n) is 7.29. The minimum Gasteiger partial charge on any atom is -0.375 e. The summed E-state index contributed by atoms with van der Waals surface area (Å²) in [7, 11) is 0. The fraction of sp³-hybridized carbons (Fsp3) is 0.562. The number of carbonyl (C=O) groups is 1. The van der Waals surface area contributed by atoms with Crippen molar-refractivity contribution in [2.24, 2.45) is 5.73 Å². The topological polar surface area (TPSA) is 64.3 Å². The Morgan fingerprint density at radius 2 is 2.05 bits per heavy atom. The average molecular weight is 276 g/mol. The van der Waals surface area contributed by atoms with E-state index < -0.39 is 11.4 Å². The Balaban J connectivity index is 2.25. The van der Waals surface area contributed by atoms with Crippen LogP contribution in [0, 0.1) is 0 Å². The van der Waals surface area contributed by atoms with Crippen LogP contribution in [0.5, 0.6) is 0 Å². The van der Waals surface area contributed by atoms with E-state index in [1.807, 2.05) is 44.2 Å². The molecule has 20 heavy (non-hydrogen) atoms. The predicted octanol–water partition coefficient (Wildman–Crippen LogP) is 1.93. The van der Waals surface area contributed by atoms with Crippen LogP contribution >= 0.6 is 0 Å². The van der Waals surface area contributed by atoms with E-state index in [1.165, 1.54) is 6.42 Å². The van der Waals surface area contributed by atoms with Gasteiger partial charge in [0.15, 0.2) is 0 Å². The van der Waals surface area contributed by atoms with Gasteiger partial charge in [-0.15, -0.1) is 0 Å². The Labute approximate surface area is 120 Å². The van der Waals surface area contributed by atoms with Crippen molar-refractivity contribution in [1.29, 1.82) is 0 Å². The number of primary amides is 1. The maximum absolute atomic E-state index is 12.2. The van der Waals surface area contributed by atoms with E-state index in [0.717, 1.165) is 18.4 Å². The number of nitrogens with two attached hydrogens (primary N) is 1. The summed E-state index contributed by atoms with van der Waals surface area (Å²) in [6, 6.07) is 9.73. The third kappa shape index (κ3) is 3.19. The molecular weight excluding hydrogens is 252 g/mol. The molecular formula is C16H24N2O2. The number of carbonyl (C=O) groups excluding carboxylic acids is 1. The van der Waals surface area contributed by atoms with Gasteiger partial charge in [0.1, 0.15) is 5.54 Å². The highest BCUT2D eigenvalue weighted by atomic mass is 16.5. The van der Waals surface area contributed by atoms with Crippen molar-refractivity contribution in [3.05, 3.63) is 35.9 Å². The molecule has 3 N–H and O–H groups in total. The standard InChI is InChI=1S/C16H24N2O2/c1-12(2)18-16(15(17)19,11-20-14-9-6-10-14)13-7-4-3-5-8-13/h3-5,7-8,12,14,18H,6,9-11H2,1-2H3,(H2,17,19). The highest BCUT2D eigenvalue weighted by Gasteiger charge is 2.40. The molecule has 1 aliphatic rings. The molecule has 2 rings (SSSR count). The van der Waals surface area contributed by atoms with Gasteiger partial charge in [0.05, 0.1) is 12.7 Å². The van der Waals surface area contributed by atoms with Gasteiger partial charge in [-0.1, -0.05) is 30.3 Å². The third-order valence-corrected chi connectivity index (χ3v) is 3.81. The Morgan fingerprint density at radius 1 is 1.40 bits per heavy atom. The molecule has 1 unspecified atom stereocenters. The first-order chi connectivity index (χ1) is 9.54. The van der Waals surface area contributed by atoms with Crippen molar-refractivity contribution >= 4 is 5.91 Å². The molecule has 1 saturated carbocycles. The fourth-order valence-electron chi connectivity index (χ4n) is 2.49. The SMILES string of the molecule is CC(C)NC(COC1CCC1)(C(N)=O)c1ccccc1. The molecule has 1 aromatic rings. The molecule has 1 amide bonds. The number of benzene rings is 1. The second kappa shape index (κ2) is 6.37.